The van der Waals surface area contributed by atoms with Crippen LogP contribution in [0.4, 0.5) is 4.79 Å². The highest BCUT2D eigenvalue weighted by atomic mass is 16.5. The maximum absolute atomic E-state index is 12.9. The van der Waals surface area contributed by atoms with Crippen LogP contribution >= 0.6 is 0 Å². The summed E-state index contributed by atoms with van der Waals surface area (Å²) in [4.78, 5) is 38.3. The molecule has 1 heterocycles. The van der Waals surface area contributed by atoms with Crippen molar-refractivity contribution in [3.05, 3.63) is 59.7 Å². The molecule has 0 bridgehead atoms. The molecule has 0 spiro atoms. The van der Waals surface area contributed by atoms with E-state index in [1.165, 1.54) is 4.90 Å². The second-order valence-electron chi connectivity index (χ2n) is 9.10. The van der Waals surface area contributed by atoms with Crippen molar-refractivity contribution in [3.8, 4) is 11.1 Å². The number of fused-ring (bicyclic) bond motifs is 3. The van der Waals surface area contributed by atoms with Gasteiger partial charge in [-0.25, -0.2) is 4.79 Å². The number of nitrogens with one attached hydrogen (secondary N) is 1. The van der Waals surface area contributed by atoms with Crippen LogP contribution in [-0.2, 0) is 14.3 Å². The van der Waals surface area contributed by atoms with E-state index in [4.69, 9.17) is 4.74 Å². The minimum Gasteiger partial charge on any atom is -0.481 e. The lowest BCUT2D eigenvalue weighted by atomic mass is 9.91. The SMILES string of the molecule is CC1(CO)CCN(C(=O)C(CC(=O)O)NC(=O)OCC2c3ccccc3-c3ccccc32)C1. The van der Waals surface area contributed by atoms with Crippen molar-refractivity contribution in [1.29, 1.82) is 0 Å². The van der Waals surface area contributed by atoms with Gasteiger partial charge in [-0.3, -0.25) is 9.59 Å². The van der Waals surface area contributed by atoms with E-state index in [1.807, 2.05) is 55.5 Å². The highest BCUT2D eigenvalue weighted by Gasteiger charge is 2.39. The van der Waals surface area contributed by atoms with Gasteiger partial charge in [0.25, 0.3) is 0 Å². The number of carbonyl (C=O) groups excluding carboxylic acids is 2. The van der Waals surface area contributed by atoms with Crippen LogP contribution in [0, 0.1) is 5.41 Å². The summed E-state index contributed by atoms with van der Waals surface area (Å²) in [5, 5.41) is 21.2. The number of nitrogens with zero attached hydrogens (tertiary/aromatic N) is 1. The molecule has 1 aliphatic carbocycles. The average Bonchev–Trinajstić information content (AvgIpc) is 3.35. The van der Waals surface area contributed by atoms with Gasteiger partial charge in [0.15, 0.2) is 0 Å². The first-order chi connectivity index (χ1) is 15.8. The van der Waals surface area contributed by atoms with E-state index in [9.17, 15) is 24.6 Å². The Morgan fingerprint density at radius 1 is 1.12 bits per heavy atom. The summed E-state index contributed by atoms with van der Waals surface area (Å²) in [6, 6.07) is 14.6. The van der Waals surface area contributed by atoms with Gasteiger partial charge in [0.2, 0.25) is 5.91 Å². The molecule has 0 aromatic heterocycles. The van der Waals surface area contributed by atoms with Gasteiger partial charge in [0, 0.05) is 24.4 Å². The number of hydrogen-bond acceptors (Lipinski definition) is 5. The third kappa shape index (κ3) is 4.71. The van der Waals surface area contributed by atoms with Gasteiger partial charge in [-0.05, 0) is 28.7 Å². The Morgan fingerprint density at radius 3 is 2.27 bits per heavy atom. The first-order valence-corrected chi connectivity index (χ1v) is 11.0. The molecule has 8 nitrogen and oxygen atoms in total. The second-order valence-corrected chi connectivity index (χ2v) is 9.10. The van der Waals surface area contributed by atoms with E-state index >= 15 is 0 Å². The van der Waals surface area contributed by atoms with Gasteiger partial charge < -0.3 is 25.2 Å². The molecule has 1 fully saturated rings. The lowest BCUT2D eigenvalue weighted by Gasteiger charge is -2.25. The molecule has 0 radical (unpaired) electrons. The third-order valence-corrected chi connectivity index (χ3v) is 6.56. The second kappa shape index (κ2) is 9.23. The zero-order chi connectivity index (χ0) is 23.6. The first kappa shape index (κ1) is 22.8. The molecule has 4 rings (SSSR count). The van der Waals surface area contributed by atoms with Crippen molar-refractivity contribution in [2.24, 2.45) is 5.41 Å². The fraction of sp³-hybridized carbons (Fsp3) is 0.400. The molecule has 3 N–H and O–H groups in total. The monoisotopic (exact) mass is 452 g/mol. The Labute approximate surface area is 192 Å². The molecule has 2 aromatic carbocycles. The number of hydrogen-bond donors (Lipinski definition) is 3. The number of aliphatic hydroxyl groups excluding tert-OH is 1. The van der Waals surface area contributed by atoms with Crippen molar-refractivity contribution >= 4 is 18.0 Å². The largest absolute Gasteiger partial charge is 0.481 e. The lowest BCUT2D eigenvalue weighted by molar-refractivity contribution is -0.142. The molecule has 1 saturated heterocycles. The number of rotatable bonds is 7. The maximum Gasteiger partial charge on any atom is 0.407 e. The Hall–Kier alpha value is -3.39. The molecule has 2 aliphatic rings. The number of benzene rings is 2. The molecule has 2 aromatic rings. The fourth-order valence-electron chi connectivity index (χ4n) is 4.72. The molecule has 2 unspecified atom stereocenters. The zero-order valence-corrected chi connectivity index (χ0v) is 18.5. The van der Waals surface area contributed by atoms with Crippen LogP contribution in [0.15, 0.2) is 48.5 Å². The Balaban J connectivity index is 1.42. The smallest absolute Gasteiger partial charge is 0.407 e. The van der Waals surface area contributed by atoms with Gasteiger partial charge in [-0.15, -0.1) is 0 Å². The van der Waals surface area contributed by atoms with Crippen LogP contribution in [0.3, 0.4) is 0 Å². The number of carboxylic acids is 1. The number of likely N-dealkylation sites (tertiary alicyclic amines) is 1. The maximum atomic E-state index is 12.9. The van der Waals surface area contributed by atoms with E-state index in [0.29, 0.717) is 19.5 Å². The summed E-state index contributed by atoms with van der Waals surface area (Å²) in [6.07, 6.45) is -0.768. The van der Waals surface area contributed by atoms with E-state index in [1.54, 1.807) is 0 Å². The van der Waals surface area contributed by atoms with Crippen molar-refractivity contribution < 1.29 is 29.3 Å². The zero-order valence-electron chi connectivity index (χ0n) is 18.5. The third-order valence-electron chi connectivity index (χ3n) is 6.56. The van der Waals surface area contributed by atoms with Gasteiger partial charge >= 0.3 is 12.1 Å². The summed E-state index contributed by atoms with van der Waals surface area (Å²) in [6.45, 7) is 2.58. The van der Waals surface area contributed by atoms with Crippen molar-refractivity contribution in [2.75, 3.05) is 26.3 Å². The van der Waals surface area contributed by atoms with Gasteiger partial charge in [-0.1, -0.05) is 55.5 Å². The molecular weight excluding hydrogens is 424 g/mol. The molecule has 33 heavy (non-hydrogen) atoms. The van der Waals surface area contributed by atoms with Crippen LogP contribution in [0.1, 0.15) is 36.8 Å². The lowest BCUT2D eigenvalue weighted by Crippen LogP contribution is -2.49. The highest BCUT2D eigenvalue weighted by Crippen LogP contribution is 2.44. The van der Waals surface area contributed by atoms with Crippen LogP contribution in [0.2, 0.25) is 0 Å². The Kier molecular flexibility index (Phi) is 6.37. The van der Waals surface area contributed by atoms with E-state index in [-0.39, 0.29) is 19.1 Å². The van der Waals surface area contributed by atoms with E-state index in [2.05, 4.69) is 5.32 Å². The number of carboxylic acid groups (broad SMARTS) is 1. The summed E-state index contributed by atoms with van der Waals surface area (Å²) in [5.41, 5.74) is 3.90. The molecular formula is C25H28N2O6. The molecule has 1 aliphatic heterocycles. The highest BCUT2D eigenvalue weighted by molar-refractivity contribution is 5.89. The van der Waals surface area contributed by atoms with E-state index < -0.39 is 35.8 Å². The molecule has 0 saturated carbocycles. The Bertz CT molecular complexity index is 1020. The van der Waals surface area contributed by atoms with Gasteiger partial charge in [-0.2, -0.15) is 0 Å². The van der Waals surface area contributed by atoms with Crippen LogP contribution in [0.5, 0.6) is 0 Å². The van der Waals surface area contributed by atoms with Crippen LogP contribution in [0.25, 0.3) is 11.1 Å². The van der Waals surface area contributed by atoms with Crippen molar-refractivity contribution in [3.63, 3.8) is 0 Å². The number of amides is 2. The quantitative estimate of drug-likeness (QED) is 0.595. The number of alkyl carbamates (subject to hydrolysis) is 1. The summed E-state index contributed by atoms with van der Waals surface area (Å²) in [7, 11) is 0. The van der Waals surface area contributed by atoms with Crippen molar-refractivity contribution in [1.82, 2.24) is 10.2 Å². The van der Waals surface area contributed by atoms with E-state index in [0.717, 1.165) is 22.3 Å². The number of aliphatic hydroxyl groups is 1. The predicted octanol–water partition coefficient (Wildman–Crippen LogP) is 2.60. The number of carbonyl (C=O) groups is 3. The standard InChI is InChI=1S/C25H28N2O6/c1-25(15-28)10-11-27(14-25)23(31)21(12-22(29)30)26-24(32)33-13-20-18-8-4-2-6-16(18)17-7-3-5-9-19(17)20/h2-9,20-21,28H,10-15H2,1H3,(H,26,32)(H,29,30). The van der Waals surface area contributed by atoms with Crippen LogP contribution < -0.4 is 5.32 Å². The topological polar surface area (TPSA) is 116 Å². The fourth-order valence-corrected chi connectivity index (χ4v) is 4.72. The first-order valence-electron chi connectivity index (χ1n) is 11.0. The normalized spacial score (nSPS) is 20.1. The molecule has 174 valence electrons. The Morgan fingerprint density at radius 2 is 1.73 bits per heavy atom. The summed E-state index contributed by atoms with van der Waals surface area (Å²) in [5.74, 6) is -1.82. The minimum absolute atomic E-state index is 0.0693. The van der Waals surface area contributed by atoms with Gasteiger partial charge in [0.1, 0.15) is 12.6 Å². The summed E-state index contributed by atoms with van der Waals surface area (Å²) < 4.78 is 5.47. The molecule has 8 heteroatoms. The van der Waals surface area contributed by atoms with Gasteiger partial charge in [0.05, 0.1) is 13.0 Å². The minimum atomic E-state index is -1.24. The average molecular weight is 453 g/mol. The summed E-state index contributed by atoms with van der Waals surface area (Å²) >= 11 is 0. The predicted molar refractivity (Wildman–Crippen MR) is 121 cm³/mol. The van der Waals surface area contributed by atoms with Crippen LogP contribution in [-0.4, -0.2) is 65.4 Å². The molecule has 2 amide bonds. The molecule has 2 atom stereocenters. The number of aliphatic carboxylic acids is 1. The van der Waals surface area contributed by atoms with Crippen molar-refractivity contribution in [2.45, 2.75) is 31.7 Å². The number of ether oxygens (including phenoxy) is 1.